The minimum absolute atomic E-state index is 0. The van der Waals surface area contributed by atoms with E-state index >= 15 is 0 Å². The van der Waals surface area contributed by atoms with Gasteiger partial charge in [-0.1, -0.05) is 26.2 Å². The number of benzene rings is 1. The van der Waals surface area contributed by atoms with E-state index < -0.39 is 11.6 Å². The van der Waals surface area contributed by atoms with Crippen molar-refractivity contribution in [2.75, 3.05) is 0 Å². The molecule has 0 saturated heterocycles. The zero-order valence-corrected chi connectivity index (χ0v) is 30.4. The van der Waals surface area contributed by atoms with Gasteiger partial charge >= 0.3 is 0 Å². The summed E-state index contributed by atoms with van der Waals surface area (Å²) in [5.74, 6) is -0.588. The van der Waals surface area contributed by atoms with Crippen molar-refractivity contribution in [3.05, 3.63) is 41.9 Å². The van der Waals surface area contributed by atoms with E-state index in [-0.39, 0.29) is 175 Å². The number of aliphatic imine (C=N–C) groups is 1. The molecule has 0 N–H and O–H groups in total. The molecule has 0 bridgehead atoms. The molecular formula is C18H19F2N3Y5-2. The number of rotatable bonds is 7. The van der Waals surface area contributed by atoms with Crippen LogP contribution in [0.1, 0.15) is 45.4 Å². The third-order valence-corrected chi connectivity index (χ3v) is 3.42. The first-order valence-corrected chi connectivity index (χ1v) is 7.76. The van der Waals surface area contributed by atoms with Crippen LogP contribution in [-0.4, -0.2) is 16.2 Å². The van der Waals surface area contributed by atoms with Crippen LogP contribution in [0.4, 0.5) is 14.5 Å². The topological polar surface area (TPSA) is 38.1 Å². The van der Waals surface area contributed by atoms with Crippen LogP contribution in [0, 0.1) is 17.7 Å². The van der Waals surface area contributed by atoms with Crippen molar-refractivity contribution in [2.24, 2.45) is 4.99 Å². The fourth-order valence-electron chi connectivity index (χ4n) is 2.23. The molecule has 0 spiro atoms. The maximum atomic E-state index is 14.0. The molecule has 3 nitrogen and oxygen atoms in total. The van der Waals surface area contributed by atoms with Gasteiger partial charge in [0.25, 0.3) is 0 Å². The summed E-state index contributed by atoms with van der Waals surface area (Å²) in [6.07, 6.45) is 8.67. The Labute approximate surface area is 292 Å². The summed E-state index contributed by atoms with van der Waals surface area (Å²) in [6, 6.07) is 5.37. The Morgan fingerprint density at radius 3 is 2.29 bits per heavy atom. The molecule has 0 fully saturated rings. The van der Waals surface area contributed by atoms with Gasteiger partial charge in [-0.25, -0.2) is 14.4 Å². The van der Waals surface area contributed by atoms with E-state index in [9.17, 15) is 8.78 Å². The monoisotopic (exact) mass is 760 g/mol. The Hall–Kier alpha value is 3.35. The van der Waals surface area contributed by atoms with Crippen molar-refractivity contribution in [1.29, 1.82) is 0 Å². The SMILES string of the molecule is C[C-]=Nc1[c-]cc(-c2nc(CCCCCC)ncc2F)cc1F.[Y].[Y].[Y].[Y].[Y]. The summed E-state index contributed by atoms with van der Waals surface area (Å²) >= 11 is 0. The summed E-state index contributed by atoms with van der Waals surface area (Å²) < 4.78 is 27.9. The van der Waals surface area contributed by atoms with Gasteiger partial charge < -0.3 is 9.38 Å². The second-order valence-corrected chi connectivity index (χ2v) is 5.21. The summed E-state index contributed by atoms with van der Waals surface area (Å²) in [7, 11) is 0. The Morgan fingerprint density at radius 2 is 1.71 bits per heavy atom. The van der Waals surface area contributed by atoms with E-state index in [0.717, 1.165) is 31.9 Å². The van der Waals surface area contributed by atoms with Gasteiger partial charge in [0.15, 0.2) is 5.82 Å². The zero-order chi connectivity index (χ0) is 16.7. The molecule has 5 radical (unpaired) electrons. The number of aryl methyl sites for hydroxylation is 1. The van der Waals surface area contributed by atoms with Gasteiger partial charge in [-0.2, -0.15) is 18.0 Å². The van der Waals surface area contributed by atoms with Gasteiger partial charge in [-0.15, -0.1) is 18.6 Å². The molecule has 0 aliphatic rings. The van der Waals surface area contributed by atoms with Crippen LogP contribution in [0.2, 0.25) is 0 Å². The molecular weight excluding hydrogens is 741 g/mol. The van der Waals surface area contributed by atoms with Crippen LogP contribution in [0.15, 0.2) is 23.3 Å². The van der Waals surface area contributed by atoms with Crippen LogP contribution in [0.5, 0.6) is 0 Å². The van der Waals surface area contributed by atoms with Gasteiger partial charge in [0.1, 0.15) is 5.82 Å². The molecule has 0 atom stereocenters. The maximum Gasteiger partial charge on any atom is 0.155 e. The predicted octanol–water partition coefficient (Wildman–Crippen LogP) is 4.93. The molecule has 2 rings (SSSR count). The van der Waals surface area contributed by atoms with Gasteiger partial charge in [0.2, 0.25) is 0 Å². The molecule has 0 aliphatic carbocycles. The molecule has 0 amide bonds. The molecule has 0 saturated carbocycles. The summed E-state index contributed by atoms with van der Waals surface area (Å²) in [6.45, 7) is 3.71. The third kappa shape index (κ3) is 13.2. The number of aromatic nitrogens is 2. The number of unbranched alkanes of at least 4 members (excludes halogenated alkanes) is 3. The third-order valence-electron chi connectivity index (χ3n) is 3.42. The Kier molecular flexibility index (Phi) is 30.5. The average molecular weight is 760 g/mol. The number of halogens is 2. The smallest absolute Gasteiger partial charge is 0.155 e. The number of nitrogens with zero attached hydrogens (tertiary/aromatic N) is 3. The zero-order valence-electron chi connectivity index (χ0n) is 16.3. The molecule has 28 heavy (non-hydrogen) atoms. The predicted molar refractivity (Wildman–Crippen MR) is 86.8 cm³/mol. The fraction of sp³-hybridized carbons (Fsp3) is 0.389. The van der Waals surface area contributed by atoms with Crippen molar-refractivity contribution in [3.8, 4) is 11.3 Å². The molecule has 1 heterocycles. The minimum Gasteiger partial charge on any atom is -0.479 e. The van der Waals surface area contributed by atoms with Gasteiger partial charge in [0, 0.05) is 170 Å². The Morgan fingerprint density at radius 1 is 1.04 bits per heavy atom. The molecule has 1 aromatic carbocycles. The molecule has 0 aliphatic heterocycles. The largest absolute Gasteiger partial charge is 0.479 e. The summed E-state index contributed by atoms with van der Waals surface area (Å²) in [5, 5.41) is 0. The second kappa shape index (κ2) is 22.2. The molecule has 137 valence electrons. The van der Waals surface area contributed by atoms with Gasteiger partial charge in [-0.3, -0.25) is 6.07 Å². The Bertz CT molecular complexity index is 703. The van der Waals surface area contributed by atoms with Gasteiger partial charge in [-0.05, 0) is 12.2 Å². The first-order valence-electron chi connectivity index (χ1n) is 7.76. The van der Waals surface area contributed by atoms with E-state index in [1.807, 2.05) is 0 Å². The standard InChI is InChI=1S/C18H19F2N3.5Y/c1-3-5-6-7-8-17-22-12-15(20)18(23-17)13-9-10-16(21-4-2)14(19)11-13;;;;;/h9,11-12H,3,5-8H2,1-2H3;;;;;/q-2;;;;;. The summed E-state index contributed by atoms with van der Waals surface area (Å²) in [5.41, 5.74) is 0.467. The van der Waals surface area contributed by atoms with Crippen LogP contribution in [-0.2, 0) is 170 Å². The molecule has 2 aromatic rings. The fourth-order valence-corrected chi connectivity index (χ4v) is 2.23. The van der Waals surface area contributed by atoms with Crippen molar-refractivity contribution >= 4 is 11.9 Å². The quantitative estimate of drug-likeness (QED) is 0.229. The molecule has 0 unspecified atom stereocenters. The van der Waals surface area contributed by atoms with E-state index in [1.165, 1.54) is 12.1 Å². The maximum absolute atomic E-state index is 14.0. The van der Waals surface area contributed by atoms with Crippen LogP contribution in [0.25, 0.3) is 11.3 Å². The van der Waals surface area contributed by atoms with E-state index in [4.69, 9.17) is 0 Å². The van der Waals surface area contributed by atoms with E-state index in [2.05, 4.69) is 34.2 Å². The van der Waals surface area contributed by atoms with Crippen molar-refractivity contribution < 1.29 is 172 Å². The number of hydrogen-bond acceptors (Lipinski definition) is 3. The van der Waals surface area contributed by atoms with Crippen molar-refractivity contribution in [3.63, 3.8) is 0 Å². The summed E-state index contributed by atoms with van der Waals surface area (Å²) in [4.78, 5) is 12.0. The van der Waals surface area contributed by atoms with Gasteiger partial charge in [0.05, 0.1) is 11.9 Å². The molecule has 1 aromatic heterocycles. The van der Waals surface area contributed by atoms with Crippen LogP contribution in [0.3, 0.4) is 0 Å². The van der Waals surface area contributed by atoms with Crippen molar-refractivity contribution in [1.82, 2.24) is 9.97 Å². The first-order chi connectivity index (χ1) is 11.2. The minimum atomic E-state index is -0.584. The van der Waals surface area contributed by atoms with Crippen LogP contribution >= 0.6 is 0 Å². The van der Waals surface area contributed by atoms with Crippen LogP contribution < -0.4 is 0 Å². The number of hydrogen-bond donors (Lipinski definition) is 0. The van der Waals surface area contributed by atoms with Crippen molar-refractivity contribution in [2.45, 2.75) is 46.0 Å². The Balaban J connectivity index is -0.000000576. The van der Waals surface area contributed by atoms with E-state index in [1.54, 1.807) is 6.92 Å². The average Bonchev–Trinajstić information content (AvgIpc) is 2.55. The molecule has 10 heteroatoms. The first kappa shape index (κ1) is 38.6. The second-order valence-electron chi connectivity index (χ2n) is 5.21. The normalized spacial score (nSPS) is 9.29. The van der Waals surface area contributed by atoms with E-state index in [0.29, 0.717) is 17.8 Å².